The van der Waals surface area contributed by atoms with E-state index in [1.165, 1.54) is 104 Å². The van der Waals surface area contributed by atoms with Crippen LogP contribution in [0.3, 0.4) is 0 Å². The molecule has 0 radical (unpaired) electrons. The first-order valence-corrected chi connectivity index (χ1v) is 15.3. The Morgan fingerprint density at radius 3 is 2.14 bits per heavy atom. The lowest BCUT2D eigenvalue weighted by Gasteiger charge is -2.38. The summed E-state index contributed by atoms with van der Waals surface area (Å²) < 4.78 is 0. The van der Waals surface area contributed by atoms with Crippen LogP contribution < -0.4 is 0 Å². The Morgan fingerprint density at radius 1 is 0.800 bits per heavy atom. The Hall–Kier alpha value is -1.79. The van der Waals surface area contributed by atoms with Crippen molar-refractivity contribution in [3.8, 4) is 11.8 Å². The zero-order chi connectivity index (χ0) is 24.9. The lowest BCUT2D eigenvalue weighted by Crippen LogP contribution is -2.29. The molecule has 35 heavy (non-hydrogen) atoms. The molecule has 0 N–H and O–H groups in total. The summed E-state index contributed by atoms with van der Waals surface area (Å²) in [7, 11) is 0. The van der Waals surface area contributed by atoms with Crippen molar-refractivity contribution in [3.05, 3.63) is 52.6 Å². The summed E-state index contributed by atoms with van der Waals surface area (Å²) in [5, 5.41) is 0. The zero-order valence-corrected chi connectivity index (χ0v) is 23.5. The third kappa shape index (κ3) is 7.85. The lowest BCUT2D eigenvalue weighted by atomic mass is 9.72. The Balaban J connectivity index is 1.81. The summed E-state index contributed by atoms with van der Waals surface area (Å²) >= 11 is 2.05. The second-order valence-electron chi connectivity index (χ2n) is 10.2. The van der Waals surface area contributed by atoms with E-state index in [0.29, 0.717) is 5.41 Å². The number of thioether (sulfide) groups is 1. The molecule has 0 saturated heterocycles. The molecule has 0 spiro atoms. The number of hydrogen-bond acceptors (Lipinski definition) is 3. The largest absolute Gasteiger partial charge is 0.240 e. The third-order valence-corrected chi connectivity index (χ3v) is 8.88. The molecule has 1 aliphatic rings. The van der Waals surface area contributed by atoms with E-state index in [0.717, 1.165) is 24.2 Å². The van der Waals surface area contributed by atoms with E-state index in [-0.39, 0.29) is 0 Å². The van der Waals surface area contributed by atoms with E-state index in [1.54, 1.807) is 0 Å². The number of aryl methyl sites for hydroxylation is 2. The monoisotopic (exact) mass is 490 g/mol. The van der Waals surface area contributed by atoms with Gasteiger partial charge in [-0.2, -0.15) is 0 Å². The smallest absolute Gasteiger partial charge is 0.128 e. The van der Waals surface area contributed by atoms with Crippen LogP contribution in [0.2, 0.25) is 0 Å². The number of unbranched alkanes of at least 4 members (excludes halogenated alkanes) is 7. The molecule has 0 saturated carbocycles. The van der Waals surface area contributed by atoms with Crippen LogP contribution in [0.4, 0.5) is 0 Å². The quantitative estimate of drug-likeness (QED) is 0.207. The van der Waals surface area contributed by atoms with Gasteiger partial charge < -0.3 is 0 Å². The predicted octanol–water partition coefficient (Wildman–Crippen LogP) is 9.07. The summed E-state index contributed by atoms with van der Waals surface area (Å²) in [6.07, 6.45) is 21.1. The van der Waals surface area contributed by atoms with Gasteiger partial charge in [0.05, 0.1) is 5.56 Å². The van der Waals surface area contributed by atoms with Crippen LogP contribution in [0.15, 0.2) is 29.4 Å². The molecule has 1 aromatic carbocycles. The van der Waals surface area contributed by atoms with Gasteiger partial charge in [0, 0.05) is 29.3 Å². The van der Waals surface area contributed by atoms with E-state index in [9.17, 15) is 0 Å². The van der Waals surface area contributed by atoms with Crippen molar-refractivity contribution in [2.75, 3.05) is 5.75 Å². The minimum absolute atomic E-state index is 0.305. The van der Waals surface area contributed by atoms with Crippen LogP contribution in [-0.4, -0.2) is 15.7 Å². The van der Waals surface area contributed by atoms with E-state index in [1.807, 2.05) is 24.2 Å². The van der Waals surface area contributed by atoms with Gasteiger partial charge in [0.15, 0.2) is 0 Å². The van der Waals surface area contributed by atoms with Crippen molar-refractivity contribution in [1.82, 2.24) is 9.97 Å². The maximum atomic E-state index is 4.60. The fourth-order valence-electron chi connectivity index (χ4n) is 5.27. The van der Waals surface area contributed by atoms with Gasteiger partial charge in [-0.3, -0.25) is 0 Å². The van der Waals surface area contributed by atoms with Crippen LogP contribution in [0.1, 0.15) is 133 Å². The van der Waals surface area contributed by atoms with Crippen molar-refractivity contribution < 1.29 is 0 Å². The van der Waals surface area contributed by atoms with Gasteiger partial charge in [0.1, 0.15) is 5.82 Å². The number of aromatic nitrogens is 2. The molecule has 190 valence electrons. The molecule has 0 fully saturated rings. The summed E-state index contributed by atoms with van der Waals surface area (Å²) in [6.45, 7) is 9.25. The van der Waals surface area contributed by atoms with Gasteiger partial charge in [0.25, 0.3) is 0 Å². The molecule has 1 aliphatic heterocycles. The number of hydrogen-bond donors (Lipinski definition) is 0. The lowest BCUT2D eigenvalue weighted by molar-refractivity contribution is 0.373. The van der Waals surface area contributed by atoms with Crippen molar-refractivity contribution in [1.29, 1.82) is 0 Å². The molecule has 0 amide bonds. The second-order valence-corrected chi connectivity index (χ2v) is 11.3. The van der Waals surface area contributed by atoms with E-state index < -0.39 is 0 Å². The number of benzene rings is 1. The molecule has 3 rings (SSSR count). The van der Waals surface area contributed by atoms with Gasteiger partial charge in [-0.25, -0.2) is 9.97 Å². The van der Waals surface area contributed by atoms with E-state index in [2.05, 4.69) is 61.6 Å². The average Bonchev–Trinajstić information content (AvgIpc) is 2.90. The van der Waals surface area contributed by atoms with Gasteiger partial charge in [-0.1, -0.05) is 84.5 Å². The topological polar surface area (TPSA) is 25.8 Å². The third-order valence-electron chi connectivity index (χ3n) is 7.82. The molecule has 0 unspecified atom stereocenters. The maximum absolute atomic E-state index is 4.60. The van der Waals surface area contributed by atoms with Crippen LogP contribution >= 0.6 is 11.8 Å². The Kier molecular flexibility index (Phi) is 11.7. The molecular formula is C32H46N2S. The standard InChI is InChI=1S/C32H46N2S/c1-5-9-11-13-15-17-31-33-24-26(25-34-31)18-19-28-22-29-30(23-27(28)16-14-12-10-6-2)35-21-20-32(29,7-3)8-4/h22-25H,5-17,20-21H2,1-4H3. The average molecular weight is 491 g/mol. The molecule has 2 nitrogen and oxygen atoms in total. The van der Waals surface area contributed by atoms with E-state index in [4.69, 9.17) is 0 Å². The first-order chi connectivity index (χ1) is 17.2. The predicted molar refractivity (Wildman–Crippen MR) is 152 cm³/mol. The van der Waals surface area contributed by atoms with Crippen molar-refractivity contribution in [3.63, 3.8) is 0 Å². The van der Waals surface area contributed by atoms with E-state index >= 15 is 0 Å². The minimum atomic E-state index is 0.305. The molecule has 1 aromatic heterocycles. The van der Waals surface area contributed by atoms with Gasteiger partial charge >= 0.3 is 0 Å². The number of nitrogens with zero attached hydrogens (tertiary/aromatic N) is 2. The SMILES string of the molecule is CCCCCCCc1ncc(C#Cc2cc3c(cc2CCCCCC)SCCC3(CC)CC)cn1. The second kappa shape index (κ2) is 14.7. The molecular weight excluding hydrogens is 444 g/mol. The highest BCUT2D eigenvalue weighted by Gasteiger charge is 2.34. The number of rotatable bonds is 13. The fourth-order valence-corrected chi connectivity index (χ4v) is 6.64. The Labute approximate surface area is 219 Å². The highest BCUT2D eigenvalue weighted by atomic mass is 32.2. The molecule has 0 atom stereocenters. The van der Waals surface area contributed by atoms with Crippen molar-refractivity contribution in [2.45, 2.75) is 128 Å². The zero-order valence-electron chi connectivity index (χ0n) is 22.7. The van der Waals surface area contributed by atoms with Crippen LogP contribution in [0.5, 0.6) is 0 Å². The molecule has 2 heterocycles. The highest BCUT2D eigenvalue weighted by Crippen LogP contribution is 2.47. The van der Waals surface area contributed by atoms with Gasteiger partial charge in [-0.15, -0.1) is 11.8 Å². The number of fused-ring (bicyclic) bond motifs is 1. The highest BCUT2D eigenvalue weighted by molar-refractivity contribution is 7.99. The van der Waals surface area contributed by atoms with Gasteiger partial charge in [0.2, 0.25) is 0 Å². The normalized spacial score (nSPS) is 14.3. The molecule has 2 aromatic rings. The summed E-state index contributed by atoms with van der Waals surface area (Å²) in [5.41, 5.74) is 5.40. The van der Waals surface area contributed by atoms with Crippen molar-refractivity contribution in [2.24, 2.45) is 0 Å². The molecule has 0 bridgehead atoms. The summed E-state index contributed by atoms with van der Waals surface area (Å²) in [5.74, 6) is 9.14. The molecule has 3 heteroatoms. The summed E-state index contributed by atoms with van der Waals surface area (Å²) in [4.78, 5) is 10.7. The minimum Gasteiger partial charge on any atom is -0.240 e. The first kappa shape index (κ1) is 27.8. The maximum Gasteiger partial charge on any atom is 0.128 e. The molecule has 0 aliphatic carbocycles. The van der Waals surface area contributed by atoms with Crippen LogP contribution in [0.25, 0.3) is 0 Å². The summed E-state index contributed by atoms with van der Waals surface area (Å²) in [6, 6.07) is 4.93. The Morgan fingerprint density at radius 2 is 1.46 bits per heavy atom. The Bertz CT molecular complexity index is 964. The van der Waals surface area contributed by atoms with Crippen LogP contribution in [0, 0.1) is 11.8 Å². The van der Waals surface area contributed by atoms with Crippen LogP contribution in [-0.2, 0) is 18.3 Å². The fraction of sp³-hybridized carbons (Fsp3) is 0.625. The van der Waals surface area contributed by atoms with Crippen molar-refractivity contribution >= 4 is 11.8 Å². The first-order valence-electron chi connectivity index (χ1n) is 14.3. The van der Waals surface area contributed by atoms with Gasteiger partial charge in [-0.05, 0) is 73.0 Å².